The van der Waals surface area contributed by atoms with Gasteiger partial charge in [0.05, 0.1) is 12.3 Å². The van der Waals surface area contributed by atoms with E-state index in [0.29, 0.717) is 13.1 Å². The van der Waals surface area contributed by atoms with Gasteiger partial charge in [-0.15, -0.1) is 0 Å². The van der Waals surface area contributed by atoms with Crippen LogP contribution in [0, 0.1) is 0 Å². The van der Waals surface area contributed by atoms with Crippen LogP contribution in [-0.4, -0.2) is 56.1 Å². The summed E-state index contributed by atoms with van der Waals surface area (Å²) < 4.78 is 21.9. The molecule has 0 bridgehead atoms. The van der Waals surface area contributed by atoms with E-state index in [1.165, 1.54) is 0 Å². The van der Waals surface area contributed by atoms with Crippen LogP contribution < -0.4 is 10.6 Å². The summed E-state index contributed by atoms with van der Waals surface area (Å²) >= 11 is 0. The molecule has 122 valence electrons. The first-order valence-corrected chi connectivity index (χ1v) is 9.81. The van der Waals surface area contributed by atoms with Crippen molar-refractivity contribution in [2.24, 2.45) is 0 Å². The quantitative estimate of drug-likeness (QED) is 0.258. The normalized spacial score (nSPS) is 14.6. The van der Waals surface area contributed by atoms with E-state index in [-0.39, 0.29) is 12.3 Å². The average molecular weight is 332 g/mol. The number of nitrogens with one attached hydrogen (secondary N) is 2. The molecule has 8 nitrogen and oxygen atoms in total. The minimum atomic E-state index is -4.08. The van der Waals surface area contributed by atoms with Crippen LogP contribution in [-0.2, 0) is 9.13 Å². The van der Waals surface area contributed by atoms with Gasteiger partial charge < -0.3 is 30.2 Å². The largest absolute Gasteiger partial charge is 0.327 e. The third kappa shape index (κ3) is 12.0. The molecule has 0 aliphatic carbocycles. The summed E-state index contributed by atoms with van der Waals surface area (Å²) in [7, 11) is -8.16. The van der Waals surface area contributed by atoms with Gasteiger partial charge in [0.2, 0.25) is 0 Å². The first-order valence-electron chi connectivity index (χ1n) is 6.21. The van der Waals surface area contributed by atoms with E-state index >= 15 is 0 Å². The Morgan fingerprint density at radius 3 is 1.20 bits per heavy atom. The highest BCUT2D eigenvalue weighted by molar-refractivity contribution is 7.52. The van der Waals surface area contributed by atoms with Crippen LogP contribution in [0.1, 0.15) is 27.7 Å². The van der Waals surface area contributed by atoms with Crippen LogP contribution in [0.5, 0.6) is 0 Å². The van der Waals surface area contributed by atoms with Gasteiger partial charge in [0, 0.05) is 24.2 Å². The van der Waals surface area contributed by atoms with Crippen molar-refractivity contribution in [3.8, 4) is 0 Å². The molecule has 0 aromatic heterocycles. The van der Waals surface area contributed by atoms with E-state index in [9.17, 15) is 9.13 Å². The van der Waals surface area contributed by atoms with Crippen LogP contribution in [0.2, 0.25) is 0 Å². The minimum Gasteiger partial charge on any atom is -0.324 e. The zero-order valence-corrected chi connectivity index (χ0v) is 14.1. The molecule has 0 heterocycles. The molecule has 6 N–H and O–H groups in total. The SMILES string of the molecule is CC(C)(CP(=O)(O)O)NCCNC(C)(C)CP(=O)(O)O. The molecular formula is C10H26N2O6P2. The summed E-state index contributed by atoms with van der Waals surface area (Å²) in [4.78, 5) is 35.7. The molecule has 0 atom stereocenters. The lowest BCUT2D eigenvalue weighted by Gasteiger charge is -2.30. The van der Waals surface area contributed by atoms with Crippen molar-refractivity contribution >= 4 is 15.2 Å². The Morgan fingerprint density at radius 1 is 0.750 bits per heavy atom. The number of hydrogen-bond acceptors (Lipinski definition) is 4. The van der Waals surface area contributed by atoms with Gasteiger partial charge >= 0.3 is 15.2 Å². The summed E-state index contributed by atoms with van der Waals surface area (Å²) in [5.41, 5.74) is -1.43. The predicted molar refractivity (Wildman–Crippen MR) is 78.0 cm³/mol. The molecule has 0 saturated carbocycles. The van der Waals surface area contributed by atoms with E-state index in [1.54, 1.807) is 27.7 Å². The first-order chi connectivity index (χ1) is 8.62. The molecule has 0 rings (SSSR count). The highest BCUT2D eigenvalue weighted by atomic mass is 31.2. The lowest BCUT2D eigenvalue weighted by Crippen LogP contribution is -2.49. The van der Waals surface area contributed by atoms with Gasteiger partial charge in [0.15, 0.2) is 0 Å². The number of hydrogen-bond donors (Lipinski definition) is 6. The zero-order valence-electron chi connectivity index (χ0n) is 12.3. The van der Waals surface area contributed by atoms with E-state index < -0.39 is 26.3 Å². The van der Waals surface area contributed by atoms with Crippen LogP contribution in [0.4, 0.5) is 0 Å². The molecule has 0 aromatic rings. The van der Waals surface area contributed by atoms with Crippen LogP contribution in [0.15, 0.2) is 0 Å². The maximum absolute atomic E-state index is 10.9. The molecule has 0 radical (unpaired) electrons. The van der Waals surface area contributed by atoms with Crippen LogP contribution >= 0.6 is 15.2 Å². The van der Waals surface area contributed by atoms with Gasteiger partial charge in [-0.3, -0.25) is 9.13 Å². The molecule has 0 unspecified atom stereocenters. The first kappa shape index (κ1) is 20.2. The minimum absolute atomic E-state index is 0.272. The molecule has 0 fully saturated rings. The van der Waals surface area contributed by atoms with Gasteiger partial charge in [0.1, 0.15) is 0 Å². The average Bonchev–Trinajstić information content (AvgIpc) is 2.04. The third-order valence-electron chi connectivity index (χ3n) is 2.53. The second-order valence-electron chi connectivity index (χ2n) is 6.27. The molecule has 0 amide bonds. The van der Waals surface area contributed by atoms with Gasteiger partial charge in [-0.05, 0) is 27.7 Å². The second-order valence-corrected chi connectivity index (χ2v) is 9.56. The van der Waals surface area contributed by atoms with Crippen molar-refractivity contribution in [1.29, 1.82) is 0 Å². The summed E-state index contributed by atoms with van der Waals surface area (Å²) in [6.45, 7) is 7.61. The second kappa shape index (κ2) is 6.99. The maximum atomic E-state index is 10.9. The molecule has 0 spiro atoms. The molecule has 0 aromatic carbocycles. The van der Waals surface area contributed by atoms with Crippen molar-refractivity contribution in [2.75, 3.05) is 25.4 Å². The van der Waals surface area contributed by atoms with E-state index in [2.05, 4.69) is 10.6 Å². The predicted octanol–water partition coefficient (Wildman–Crippen LogP) is 0.0782. The highest BCUT2D eigenvalue weighted by Gasteiger charge is 2.29. The van der Waals surface area contributed by atoms with E-state index in [0.717, 1.165) is 0 Å². The topological polar surface area (TPSA) is 139 Å². The van der Waals surface area contributed by atoms with E-state index in [1.807, 2.05) is 0 Å². The summed E-state index contributed by atoms with van der Waals surface area (Å²) in [5, 5.41) is 6.00. The Hall–Kier alpha value is 0.220. The van der Waals surface area contributed by atoms with Crippen LogP contribution in [0.3, 0.4) is 0 Å². The maximum Gasteiger partial charge on any atom is 0.327 e. The fraction of sp³-hybridized carbons (Fsp3) is 1.00. The molecule has 20 heavy (non-hydrogen) atoms. The Morgan fingerprint density at radius 2 is 1.00 bits per heavy atom. The monoisotopic (exact) mass is 332 g/mol. The number of rotatable bonds is 9. The summed E-state index contributed by atoms with van der Waals surface area (Å²) in [6, 6.07) is 0. The molecule has 0 aliphatic heterocycles. The van der Waals surface area contributed by atoms with Crippen molar-refractivity contribution in [3.05, 3.63) is 0 Å². The molecule has 0 aliphatic rings. The highest BCUT2D eigenvalue weighted by Crippen LogP contribution is 2.38. The fourth-order valence-electron chi connectivity index (χ4n) is 1.94. The van der Waals surface area contributed by atoms with Crippen LogP contribution in [0.25, 0.3) is 0 Å². The van der Waals surface area contributed by atoms with Gasteiger partial charge in [-0.25, -0.2) is 0 Å². The Labute approximate surface area is 119 Å². The third-order valence-corrected chi connectivity index (χ3v) is 4.94. The van der Waals surface area contributed by atoms with E-state index in [4.69, 9.17) is 19.6 Å². The Bertz CT molecular complexity index is 363. The van der Waals surface area contributed by atoms with Crippen molar-refractivity contribution in [3.63, 3.8) is 0 Å². The standard InChI is InChI=1S/C10H26N2O6P2/c1-9(2,7-19(13,14)15)11-5-6-12-10(3,4)8-20(16,17)18/h11-12H,5-8H2,1-4H3,(H2,13,14,15)(H2,16,17,18). The van der Waals surface area contributed by atoms with Crippen molar-refractivity contribution in [1.82, 2.24) is 10.6 Å². The van der Waals surface area contributed by atoms with Gasteiger partial charge in [-0.2, -0.15) is 0 Å². The summed E-state index contributed by atoms with van der Waals surface area (Å²) in [6.07, 6.45) is -0.544. The fourth-order valence-corrected chi connectivity index (χ4v) is 4.23. The zero-order chi connectivity index (χ0) is 16.2. The molecule has 10 heteroatoms. The molecular weight excluding hydrogens is 306 g/mol. The van der Waals surface area contributed by atoms with Crippen molar-refractivity contribution in [2.45, 2.75) is 38.8 Å². The smallest absolute Gasteiger partial charge is 0.324 e. The Balaban J connectivity index is 4.14. The van der Waals surface area contributed by atoms with Crippen molar-refractivity contribution < 1.29 is 28.7 Å². The van der Waals surface area contributed by atoms with Gasteiger partial charge in [0.25, 0.3) is 0 Å². The lowest BCUT2D eigenvalue weighted by atomic mass is 10.1. The lowest BCUT2D eigenvalue weighted by molar-refractivity contribution is 0.324. The molecule has 0 saturated heterocycles. The Kier molecular flexibility index (Phi) is 7.06. The van der Waals surface area contributed by atoms with Gasteiger partial charge in [-0.1, -0.05) is 0 Å². The summed E-state index contributed by atoms with van der Waals surface area (Å²) in [5.74, 6) is 0.